The molecule has 3 N–H and O–H groups in total. The summed E-state index contributed by atoms with van der Waals surface area (Å²) in [7, 11) is 0. The van der Waals surface area contributed by atoms with Crippen molar-refractivity contribution >= 4 is 24.2 Å². The summed E-state index contributed by atoms with van der Waals surface area (Å²) in [6, 6.07) is 7.73. The first-order valence-electron chi connectivity index (χ1n) is 7.50. The van der Waals surface area contributed by atoms with Gasteiger partial charge in [-0.3, -0.25) is 9.59 Å². The Morgan fingerprint density at radius 3 is 2.50 bits per heavy atom. The highest BCUT2D eigenvalue weighted by Gasteiger charge is 2.17. The summed E-state index contributed by atoms with van der Waals surface area (Å²) >= 11 is 0. The lowest BCUT2D eigenvalue weighted by Crippen LogP contribution is -2.37. The molecule has 22 heavy (non-hydrogen) atoms. The third-order valence-corrected chi connectivity index (χ3v) is 3.64. The van der Waals surface area contributed by atoms with Gasteiger partial charge in [0.15, 0.2) is 0 Å². The van der Waals surface area contributed by atoms with E-state index in [9.17, 15) is 9.59 Å². The molecule has 1 aliphatic heterocycles. The Morgan fingerprint density at radius 1 is 1.18 bits per heavy atom. The normalized spacial score (nSPS) is 16.7. The second-order valence-electron chi connectivity index (χ2n) is 5.47. The van der Waals surface area contributed by atoms with Crippen LogP contribution in [0.1, 0.15) is 35.2 Å². The number of carbonyl (C=O) groups is 2. The van der Waals surface area contributed by atoms with E-state index in [0.717, 1.165) is 24.9 Å². The largest absolute Gasteiger partial charge is 0.354 e. The van der Waals surface area contributed by atoms with Crippen LogP contribution < -0.4 is 16.0 Å². The Kier molecular flexibility index (Phi) is 7.91. The van der Waals surface area contributed by atoms with Gasteiger partial charge < -0.3 is 16.0 Å². The van der Waals surface area contributed by atoms with Crippen molar-refractivity contribution in [2.45, 2.75) is 32.2 Å². The van der Waals surface area contributed by atoms with Crippen molar-refractivity contribution in [2.75, 3.05) is 19.6 Å². The lowest BCUT2D eigenvalue weighted by Gasteiger charge is -2.11. The Morgan fingerprint density at radius 2 is 1.86 bits per heavy atom. The Bertz CT molecular complexity index is 485. The minimum Gasteiger partial charge on any atom is -0.354 e. The Labute approximate surface area is 137 Å². The van der Waals surface area contributed by atoms with Gasteiger partial charge >= 0.3 is 0 Å². The van der Waals surface area contributed by atoms with Crippen LogP contribution >= 0.6 is 12.4 Å². The van der Waals surface area contributed by atoms with Crippen molar-refractivity contribution in [3.8, 4) is 0 Å². The van der Waals surface area contributed by atoms with Crippen LogP contribution in [0.3, 0.4) is 0 Å². The van der Waals surface area contributed by atoms with Gasteiger partial charge in [-0.1, -0.05) is 17.7 Å². The average Bonchev–Trinajstić information content (AvgIpc) is 2.97. The van der Waals surface area contributed by atoms with E-state index in [1.54, 1.807) is 12.1 Å². The van der Waals surface area contributed by atoms with Gasteiger partial charge in [-0.05, 0) is 38.4 Å². The van der Waals surface area contributed by atoms with Gasteiger partial charge in [-0.25, -0.2) is 0 Å². The van der Waals surface area contributed by atoms with E-state index in [1.165, 1.54) is 0 Å². The summed E-state index contributed by atoms with van der Waals surface area (Å²) in [6.45, 7) is 3.89. The molecule has 1 saturated heterocycles. The first-order chi connectivity index (χ1) is 10.1. The lowest BCUT2D eigenvalue weighted by atomic mass is 10.1. The van der Waals surface area contributed by atoms with Gasteiger partial charge in [0.1, 0.15) is 0 Å². The average molecular weight is 326 g/mol. The molecule has 1 heterocycles. The molecule has 0 aromatic heterocycles. The fraction of sp³-hybridized carbons (Fsp3) is 0.500. The van der Waals surface area contributed by atoms with Crippen molar-refractivity contribution in [2.24, 2.45) is 0 Å². The minimum absolute atomic E-state index is 0. The highest BCUT2D eigenvalue weighted by Crippen LogP contribution is 2.08. The second kappa shape index (κ2) is 9.43. The molecule has 0 saturated carbocycles. The lowest BCUT2D eigenvalue weighted by molar-refractivity contribution is -0.121. The maximum absolute atomic E-state index is 11.8. The molecule has 5 nitrogen and oxygen atoms in total. The Hall–Kier alpha value is -1.59. The van der Waals surface area contributed by atoms with Crippen LogP contribution in [0.2, 0.25) is 0 Å². The first kappa shape index (κ1) is 18.5. The number of rotatable bonds is 6. The molecule has 1 aliphatic rings. The van der Waals surface area contributed by atoms with Crippen LogP contribution in [0, 0.1) is 6.92 Å². The van der Waals surface area contributed by atoms with Crippen molar-refractivity contribution in [3.63, 3.8) is 0 Å². The molecule has 1 fully saturated rings. The number of carbonyl (C=O) groups excluding carboxylic acids is 2. The van der Waals surface area contributed by atoms with Gasteiger partial charge in [0.2, 0.25) is 5.91 Å². The SMILES string of the molecule is Cc1ccc(C(=O)NCCNC(=O)CC2CCCN2)cc1.Cl. The summed E-state index contributed by atoms with van der Waals surface area (Å²) in [5.41, 5.74) is 1.77. The maximum Gasteiger partial charge on any atom is 0.251 e. The number of amides is 2. The molecule has 2 amide bonds. The van der Waals surface area contributed by atoms with E-state index in [1.807, 2.05) is 19.1 Å². The summed E-state index contributed by atoms with van der Waals surface area (Å²) in [5.74, 6) is -0.0688. The van der Waals surface area contributed by atoms with Crippen LogP contribution in [0.5, 0.6) is 0 Å². The summed E-state index contributed by atoms with van der Waals surface area (Å²) in [6.07, 6.45) is 2.73. The van der Waals surface area contributed by atoms with Crippen LogP contribution in [-0.2, 0) is 4.79 Å². The van der Waals surface area contributed by atoms with Crippen LogP contribution in [0.25, 0.3) is 0 Å². The molecule has 1 aromatic rings. The fourth-order valence-electron chi connectivity index (χ4n) is 2.41. The molecule has 0 aliphatic carbocycles. The summed E-state index contributed by atoms with van der Waals surface area (Å²) in [4.78, 5) is 23.5. The van der Waals surface area contributed by atoms with Gasteiger partial charge in [-0.15, -0.1) is 12.4 Å². The third kappa shape index (κ3) is 6.03. The van der Waals surface area contributed by atoms with Gasteiger partial charge in [-0.2, -0.15) is 0 Å². The monoisotopic (exact) mass is 325 g/mol. The van der Waals surface area contributed by atoms with E-state index in [-0.39, 0.29) is 24.2 Å². The summed E-state index contributed by atoms with van der Waals surface area (Å²) < 4.78 is 0. The zero-order chi connectivity index (χ0) is 15.1. The van der Waals surface area contributed by atoms with Gasteiger partial charge in [0, 0.05) is 31.1 Å². The molecule has 0 spiro atoms. The molecule has 0 radical (unpaired) electrons. The number of nitrogens with one attached hydrogen (secondary N) is 3. The van der Waals surface area contributed by atoms with Crippen LogP contribution in [-0.4, -0.2) is 37.5 Å². The topological polar surface area (TPSA) is 70.2 Å². The van der Waals surface area contributed by atoms with E-state index in [2.05, 4.69) is 16.0 Å². The summed E-state index contributed by atoms with van der Waals surface area (Å²) in [5, 5.41) is 8.92. The van der Waals surface area contributed by atoms with Crippen LogP contribution in [0.15, 0.2) is 24.3 Å². The van der Waals surface area contributed by atoms with Crippen molar-refractivity contribution < 1.29 is 9.59 Å². The van der Waals surface area contributed by atoms with E-state index in [0.29, 0.717) is 31.1 Å². The molecular weight excluding hydrogens is 302 g/mol. The first-order valence-corrected chi connectivity index (χ1v) is 7.50. The predicted octanol–water partition coefficient (Wildman–Crippen LogP) is 1.40. The molecule has 1 atom stereocenters. The second-order valence-corrected chi connectivity index (χ2v) is 5.47. The number of halogens is 1. The Balaban J connectivity index is 0.00000242. The molecule has 2 rings (SSSR count). The van der Waals surface area contributed by atoms with E-state index in [4.69, 9.17) is 0 Å². The standard InChI is InChI=1S/C16H23N3O2.ClH/c1-12-4-6-13(7-5-12)16(21)19-10-9-18-15(20)11-14-3-2-8-17-14;/h4-7,14,17H,2-3,8-11H2,1H3,(H,18,20)(H,19,21);1H. The quantitative estimate of drug-likeness (QED) is 0.693. The molecule has 1 aromatic carbocycles. The van der Waals surface area contributed by atoms with Gasteiger partial charge in [0.25, 0.3) is 5.91 Å². The predicted molar refractivity (Wildman–Crippen MR) is 89.4 cm³/mol. The van der Waals surface area contributed by atoms with Crippen molar-refractivity contribution in [3.05, 3.63) is 35.4 Å². The van der Waals surface area contributed by atoms with Gasteiger partial charge in [0.05, 0.1) is 0 Å². The molecular formula is C16H24ClN3O2. The van der Waals surface area contributed by atoms with Crippen molar-refractivity contribution in [1.82, 2.24) is 16.0 Å². The highest BCUT2D eigenvalue weighted by molar-refractivity contribution is 5.94. The number of aryl methyl sites for hydroxylation is 1. The molecule has 6 heteroatoms. The van der Waals surface area contributed by atoms with E-state index >= 15 is 0 Å². The number of benzene rings is 1. The fourth-order valence-corrected chi connectivity index (χ4v) is 2.41. The smallest absolute Gasteiger partial charge is 0.251 e. The molecule has 0 bridgehead atoms. The highest BCUT2D eigenvalue weighted by atomic mass is 35.5. The molecule has 1 unspecified atom stereocenters. The van der Waals surface area contributed by atoms with Crippen molar-refractivity contribution in [1.29, 1.82) is 0 Å². The molecule has 122 valence electrons. The zero-order valence-electron chi connectivity index (χ0n) is 12.9. The van der Waals surface area contributed by atoms with Crippen LogP contribution in [0.4, 0.5) is 0 Å². The number of hydrogen-bond donors (Lipinski definition) is 3. The third-order valence-electron chi connectivity index (χ3n) is 3.64. The minimum atomic E-state index is -0.110. The van der Waals surface area contributed by atoms with E-state index < -0.39 is 0 Å². The zero-order valence-corrected chi connectivity index (χ0v) is 13.7. The number of hydrogen-bond acceptors (Lipinski definition) is 3. The maximum atomic E-state index is 11.8.